The molecule has 1 aromatic carbocycles. The molecule has 1 aromatic rings. The van der Waals surface area contributed by atoms with Gasteiger partial charge < -0.3 is 10.5 Å². The molecule has 1 amide bonds. The van der Waals surface area contributed by atoms with Crippen molar-refractivity contribution in [3.8, 4) is 0 Å². The van der Waals surface area contributed by atoms with Gasteiger partial charge in [-0.1, -0.05) is 30.3 Å². The van der Waals surface area contributed by atoms with E-state index in [2.05, 4.69) is 0 Å². The van der Waals surface area contributed by atoms with Crippen LogP contribution in [0.3, 0.4) is 0 Å². The zero-order valence-electron chi connectivity index (χ0n) is 8.88. The van der Waals surface area contributed by atoms with Crippen molar-refractivity contribution < 1.29 is 14.3 Å². The van der Waals surface area contributed by atoms with E-state index in [0.717, 1.165) is 11.8 Å². The van der Waals surface area contributed by atoms with Crippen LogP contribution < -0.4 is 5.73 Å². The summed E-state index contributed by atoms with van der Waals surface area (Å²) in [6.45, 7) is 2.00. The van der Waals surface area contributed by atoms with Crippen LogP contribution in [0.25, 0.3) is 0 Å². The summed E-state index contributed by atoms with van der Waals surface area (Å²) in [7, 11) is 0. The molecule has 0 aliphatic carbocycles. The maximum absolute atomic E-state index is 11.6. The molecule has 0 radical (unpaired) electrons. The predicted molar refractivity (Wildman–Crippen MR) is 63.0 cm³/mol. The monoisotopic (exact) mass is 239 g/mol. The molecule has 1 unspecified atom stereocenters. The Morgan fingerprint density at radius 2 is 2.00 bits per heavy atom. The van der Waals surface area contributed by atoms with Crippen molar-refractivity contribution in [3.63, 3.8) is 0 Å². The zero-order valence-corrected chi connectivity index (χ0v) is 9.70. The quantitative estimate of drug-likeness (QED) is 0.817. The van der Waals surface area contributed by atoms with E-state index in [-0.39, 0.29) is 6.61 Å². The molecule has 1 atom stereocenters. The molecule has 0 bridgehead atoms. The van der Waals surface area contributed by atoms with Gasteiger partial charge >= 0.3 is 5.97 Å². The van der Waals surface area contributed by atoms with Gasteiger partial charge in [0.15, 0.2) is 0 Å². The first-order valence-electron chi connectivity index (χ1n) is 4.82. The zero-order chi connectivity index (χ0) is 12.0. The molecule has 0 aromatic heterocycles. The van der Waals surface area contributed by atoms with E-state index in [0.29, 0.717) is 5.56 Å². The number of carbonyl (C=O) groups excluding carboxylic acids is 2. The average molecular weight is 239 g/mol. The summed E-state index contributed by atoms with van der Waals surface area (Å²) < 4.78 is 4.89. The number of esters is 1. The Morgan fingerprint density at radius 1 is 1.38 bits per heavy atom. The lowest BCUT2D eigenvalue weighted by Crippen LogP contribution is -2.17. The third-order valence-electron chi connectivity index (χ3n) is 1.84. The molecule has 16 heavy (non-hydrogen) atoms. The number of ether oxygens (including phenoxy) is 1. The summed E-state index contributed by atoms with van der Waals surface area (Å²) in [6, 6.07) is 8.95. The number of carbonyl (C=O) groups is 2. The van der Waals surface area contributed by atoms with Crippen LogP contribution in [-0.4, -0.2) is 17.8 Å². The maximum atomic E-state index is 11.6. The molecule has 4 nitrogen and oxygen atoms in total. The first-order chi connectivity index (χ1) is 7.65. The van der Waals surface area contributed by atoms with Gasteiger partial charge in [-0.3, -0.25) is 9.59 Å². The molecule has 1 rings (SSSR count). The molecule has 0 fully saturated rings. The standard InChI is InChI=1S/C11H13NO3S/c1-2-15-10(13)9(16-11(12)14)8-6-4-3-5-7-8/h3-7,9H,2H2,1H3,(H2,12,14). The number of hydrogen-bond acceptors (Lipinski definition) is 4. The SMILES string of the molecule is CCOC(=O)C(SC(N)=O)c1ccccc1. The van der Waals surface area contributed by atoms with Crippen molar-refractivity contribution >= 4 is 23.0 Å². The summed E-state index contributed by atoms with van der Waals surface area (Å²) in [6.07, 6.45) is 0. The molecular weight excluding hydrogens is 226 g/mol. The third kappa shape index (κ3) is 3.58. The van der Waals surface area contributed by atoms with Crippen molar-refractivity contribution in [1.29, 1.82) is 0 Å². The van der Waals surface area contributed by atoms with Crippen LogP contribution in [-0.2, 0) is 9.53 Å². The first-order valence-corrected chi connectivity index (χ1v) is 5.70. The number of amides is 1. The van der Waals surface area contributed by atoms with Gasteiger partial charge in [0.05, 0.1) is 6.61 Å². The van der Waals surface area contributed by atoms with Gasteiger partial charge in [-0.2, -0.15) is 0 Å². The van der Waals surface area contributed by atoms with Crippen LogP contribution in [0.4, 0.5) is 4.79 Å². The van der Waals surface area contributed by atoms with Gasteiger partial charge in [0.25, 0.3) is 5.24 Å². The number of primary amides is 1. The van der Waals surface area contributed by atoms with Crippen molar-refractivity contribution in [3.05, 3.63) is 35.9 Å². The van der Waals surface area contributed by atoms with Gasteiger partial charge in [-0.15, -0.1) is 0 Å². The average Bonchev–Trinajstić information content (AvgIpc) is 2.27. The lowest BCUT2D eigenvalue weighted by Gasteiger charge is -2.13. The molecule has 0 saturated carbocycles. The normalized spacial score (nSPS) is 11.8. The summed E-state index contributed by atoms with van der Waals surface area (Å²) in [5.74, 6) is -0.447. The van der Waals surface area contributed by atoms with E-state index in [1.165, 1.54) is 0 Å². The maximum Gasteiger partial charge on any atom is 0.324 e. The van der Waals surface area contributed by atoms with E-state index in [1.807, 2.05) is 6.07 Å². The number of hydrogen-bond donors (Lipinski definition) is 1. The molecule has 0 aliphatic heterocycles. The predicted octanol–water partition coefficient (Wildman–Crippen LogP) is 2.10. The number of nitrogens with two attached hydrogens (primary N) is 1. The van der Waals surface area contributed by atoms with Crippen LogP contribution in [0.5, 0.6) is 0 Å². The van der Waals surface area contributed by atoms with Crippen LogP contribution in [0, 0.1) is 0 Å². The highest BCUT2D eigenvalue weighted by molar-refractivity contribution is 8.14. The second-order valence-electron chi connectivity index (χ2n) is 2.98. The molecular formula is C11H13NO3S. The van der Waals surface area contributed by atoms with Crippen molar-refractivity contribution in [1.82, 2.24) is 0 Å². The first kappa shape index (κ1) is 12.6. The van der Waals surface area contributed by atoms with E-state index in [4.69, 9.17) is 10.5 Å². The van der Waals surface area contributed by atoms with Gasteiger partial charge in [0.2, 0.25) is 0 Å². The van der Waals surface area contributed by atoms with Crippen molar-refractivity contribution in [2.24, 2.45) is 5.73 Å². The number of thioether (sulfide) groups is 1. The van der Waals surface area contributed by atoms with E-state index in [1.54, 1.807) is 31.2 Å². The molecule has 2 N–H and O–H groups in total. The van der Waals surface area contributed by atoms with Crippen LogP contribution >= 0.6 is 11.8 Å². The van der Waals surface area contributed by atoms with E-state index >= 15 is 0 Å². The molecule has 0 heterocycles. The summed E-state index contributed by atoms with van der Waals surface area (Å²) in [4.78, 5) is 22.5. The van der Waals surface area contributed by atoms with E-state index in [9.17, 15) is 9.59 Å². The van der Waals surface area contributed by atoms with E-state index < -0.39 is 16.5 Å². The summed E-state index contributed by atoms with van der Waals surface area (Å²) >= 11 is 0.765. The minimum absolute atomic E-state index is 0.279. The Morgan fingerprint density at radius 3 is 2.50 bits per heavy atom. The molecule has 0 spiro atoms. The second-order valence-corrected chi connectivity index (χ2v) is 4.09. The molecule has 5 heteroatoms. The minimum Gasteiger partial charge on any atom is -0.465 e. The van der Waals surface area contributed by atoms with Gasteiger partial charge in [-0.25, -0.2) is 0 Å². The second kappa shape index (κ2) is 6.17. The summed E-state index contributed by atoms with van der Waals surface area (Å²) in [5.41, 5.74) is 5.79. The molecule has 86 valence electrons. The van der Waals surface area contributed by atoms with Crippen LogP contribution in [0.1, 0.15) is 17.7 Å². The highest BCUT2D eigenvalue weighted by atomic mass is 32.2. The fourth-order valence-corrected chi connectivity index (χ4v) is 1.90. The molecule has 0 saturated heterocycles. The highest BCUT2D eigenvalue weighted by Crippen LogP contribution is 2.29. The Balaban J connectivity index is 2.87. The fraction of sp³-hybridized carbons (Fsp3) is 0.273. The Bertz CT molecular complexity index is 367. The van der Waals surface area contributed by atoms with Crippen molar-refractivity contribution in [2.45, 2.75) is 12.2 Å². The van der Waals surface area contributed by atoms with Crippen LogP contribution in [0.15, 0.2) is 30.3 Å². The number of rotatable bonds is 4. The highest BCUT2D eigenvalue weighted by Gasteiger charge is 2.24. The molecule has 0 aliphatic rings. The van der Waals surface area contributed by atoms with Gasteiger partial charge in [0.1, 0.15) is 5.25 Å². The Labute approximate surface area is 98.2 Å². The largest absolute Gasteiger partial charge is 0.465 e. The fourth-order valence-electron chi connectivity index (χ4n) is 1.21. The summed E-state index contributed by atoms with van der Waals surface area (Å²) in [5, 5.41) is -1.28. The lowest BCUT2D eigenvalue weighted by atomic mass is 10.1. The smallest absolute Gasteiger partial charge is 0.324 e. The van der Waals surface area contributed by atoms with Crippen LogP contribution in [0.2, 0.25) is 0 Å². The number of benzene rings is 1. The van der Waals surface area contributed by atoms with Crippen molar-refractivity contribution in [2.75, 3.05) is 6.61 Å². The van der Waals surface area contributed by atoms with Gasteiger partial charge in [0, 0.05) is 0 Å². The minimum atomic E-state index is -0.682. The third-order valence-corrected chi connectivity index (χ3v) is 2.77. The Hall–Kier alpha value is -1.49. The topological polar surface area (TPSA) is 69.4 Å². The van der Waals surface area contributed by atoms with Gasteiger partial charge in [-0.05, 0) is 24.2 Å². The lowest BCUT2D eigenvalue weighted by molar-refractivity contribution is -0.142. The Kier molecular flexibility index (Phi) is 4.85.